The van der Waals surface area contributed by atoms with Crippen LogP contribution in [0.25, 0.3) is 22.3 Å². The van der Waals surface area contributed by atoms with Crippen molar-refractivity contribution in [1.29, 1.82) is 0 Å². The Morgan fingerprint density at radius 3 is 2.35 bits per heavy atom. The minimum Gasteiger partial charge on any atom is -0.453 e. The third-order valence-corrected chi connectivity index (χ3v) is 6.17. The Labute approximate surface area is 212 Å². The summed E-state index contributed by atoms with van der Waals surface area (Å²) in [5, 5.41) is 13.8. The van der Waals surface area contributed by atoms with Gasteiger partial charge < -0.3 is 15.4 Å². The summed E-state index contributed by atoms with van der Waals surface area (Å²) >= 11 is 0. The normalized spacial score (nSPS) is 11.2. The lowest BCUT2D eigenvalue weighted by atomic mass is 10.1. The minimum absolute atomic E-state index is 0.0205. The number of primary sulfonamides is 1. The molecule has 0 radical (unpaired) electrons. The van der Waals surface area contributed by atoms with E-state index in [1.807, 2.05) is 0 Å². The molecule has 2 heterocycles. The number of sulfonamides is 1. The van der Waals surface area contributed by atoms with E-state index in [2.05, 4.69) is 35.6 Å². The summed E-state index contributed by atoms with van der Waals surface area (Å²) in [7, 11) is -2.48. The molecule has 5 N–H and O–H groups in total. The first kappa shape index (κ1) is 25.7. The number of halogens is 1. The molecule has 192 valence electrons. The topological polar surface area (TPSA) is 161 Å². The lowest BCUT2D eigenvalue weighted by Crippen LogP contribution is -2.12. The molecule has 1 amide bonds. The second-order valence-electron chi connectivity index (χ2n) is 7.81. The fourth-order valence-corrected chi connectivity index (χ4v) is 3.93. The molecule has 0 spiro atoms. The first-order valence-electron chi connectivity index (χ1n) is 11.1. The van der Waals surface area contributed by atoms with Gasteiger partial charge in [-0.25, -0.2) is 32.7 Å². The van der Waals surface area contributed by atoms with Crippen molar-refractivity contribution < 1.29 is 22.3 Å². The first-order valence-corrected chi connectivity index (χ1v) is 12.6. The average Bonchev–Trinajstić information content (AvgIpc) is 2.90. The number of anilines is 3. The van der Waals surface area contributed by atoms with Crippen LogP contribution in [0.3, 0.4) is 0 Å². The molecule has 0 saturated heterocycles. The summed E-state index contributed by atoms with van der Waals surface area (Å²) < 4.78 is 40.4. The smallest absolute Gasteiger partial charge is 0.411 e. The quantitative estimate of drug-likeness (QED) is 0.256. The molecule has 37 heavy (non-hydrogen) atoms. The number of pyridine rings is 1. The van der Waals surface area contributed by atoms with Gasteiger partial charge in [-0.05, 0) is 42.0 Å². The summed E-state index contributed by atoms with van der Waals surface area (Å²) in [5.74, 6) is 0.651. The number of fused-ring (bicyclic) bond motifs is 1. The van der Waals surface area contributed by atoms with Crippen molar-refractivity contribution >= 4 is 44.6 Å². The van der Waals surface area contributed by atoms with Crippen LogP contribution in [0.2, 0.25) is 0 Å². The maximum absolute atomic E-state index is 12.9. The predicted molar refractivity (Wildman–Crippen MR) is 138 cm³/mol. The molecule has 0 aliphatic heterocycles. The van der Waals surface area contributed by atoms with Gasteiger partial charge in [0.1, 0.15) is 12.2 Å². The first-order chi connectivity index (χ1) is 17.8. The second kappa shape index (κ2) is 11.1. The Kier molecular flexibility index (Phi) is 7.74. The zero-order valence-electron chi connectivity index (χ0n) is 19.7. The van der Waals surface area contributed by atoms with Gasteiger partial charge >= 0.3 is 6.09 Å². The number of amides is 1. The molecule has 0 fully saturated rings. The van der Waals surface area contributed by atoms with Crippen LogP contribution in [0.1, 0.15) is 5.56 Å². The molecule has 4 rings (SSSR count). The number of nitrogens with two attached hydrogens (primary N) is 1. The number of rotatable bonds is 9. The number of methoxy groups -OCH3 is 1. The van der Waals surface area contributed by atoms with Crippen molar-refractivity contribution in [2.45, 2.75) is 11.4 Å². The number of aromatic nitrogens is 3. The van der Waals surface area contributed by atoms with Gasteiger partial charge in [0.2, 0.25) is 16.0 Å². The SMILES string of the molecule is COC(=O)Nc1ccc(-c2ccc3nc(NCc4ccc(S(N)(=O)=O)cc4)nc(NCCF)c3n2)cc1. The van der Waals surface area contributed by atoms with Crippen LogP contribution in [0.4, 0.5) is 26.6 Å². The Hall–Kier alpha value is -4.36. The summed E-state index contributed by atoms with van der Waals surface area (Å²) in [5.41, 5.74) is 3.79. The summed E-state index contributed by atoms with van der Waals surface area (Å²) in [4.78, 5) is 25.1. The van der Waals surface area contributed by atoms with E-state index in [0.29, 0.717) is 34.8 Å². The van der Waals surface area contributed by atoms with Crippen LogP contribution < -0.4 is 21.1 Å². The number of nitrogens with zero attached hydrogens (tertiary/aromatic N) is 3. The lowest BCUT2D eigenvalue weighted by molar-refractivity contribution is 0.187. The van der Waals surface area contributed by atoms with Crippen molar-refractivity contribution in [2.75, 3.05) is 36.3 Å². The molecular weight excluding hydrogens is 501 g/mol. The number of benzene rings is 2. The van der Waals surface area contributed by atoms with Crippen molar-refractivity contribution in [3.8, 4) is 11.3 Å². The molecule has 2 aromatic heterocycles. The van der Waals surface area contributed by atoms with E-state index in [4.69, 9.17) is 5.14 Å². The summed E-state index contributed by atoms with van der Waals surface area (Å²) in [6.07, 6.45) is -0.567. The minimum atomic E-state index is -3.77. The molecule has 0 aliphatic carbocycles. The molecule has 11 nitrogen and oxygen atoms in total. The predicted octanol–water partition coefficient (Wildman–Crippen LogP) is 3.51. The van der Waals surface area contributed by atoms with Crippen LogP contribution in [-0.4, -0.2) is 49.8 Å². The van der Waals surface area contributed by atoms with Gasteiger partial charge in [-0.3, -0.25) is 5.32 Å². The molecule has 4 aromatic rings. The number of nitrogens with one attached hydrogen (secondary N) is 3. The van der Waals surface area contributed by atoms with Crippen LogP contribution in [0.15, 0.2) is 65.6 Å². The van der Waals surface area contributed by atoms with Gasteiger partial charge in [-0.2, -0.15) is 4.98 Å². The molecule has 2 aromatic carbocycles. The largest absolute Gasteiger partial charge is 0.453 e. The van der Waals surface area contributed by atoms with Crippen molar-refractivity contribution in [2.24, 2.45) is 5.14 Å². The van der Waals surface area contributed by atoms with Crippen molar-refractivity contribution in [3.05, 3.63) is 66.2 Å². The van der Waals surface area contributed by atoms with E-state index in [9.17, 15) is 17.6 Å². The standard InChI is InChI=1S/C24H24FN7O4S/c1-36-24(33)29-17-6-4-16(5-7-17)19-10-11-20-21(30-19)22(27-13-12-25)32-23(31-20)28-14-15-2-8-18(9-3-15)37(26,34)35/h2-11H,12-14H2,1H3,(H,29,33)(H2,26,34,35)(H2,27,28,31,32). The van der Waals surface area contributed by atoms with Crippen LogP contribution in [-0.2, 0) is 21.3 Å². The molecule has 0 atom stereocenters. The second-order valence-corrected chi connectivity index (χ2v) is 9.37. The van der Waals surface area contributed by atoms with Crippen molar-refractivity contribution in [1.82, 2.24) is 15.0 Å². The monoisotopic (exact) mass is 525 g/mol. The Morgan fingerprint density at radius 1 is 0.973 bits per heavy atom. The van der Waals surface area contributed by atoms with Crippen LogP contribution >= 0.6 is 0 Å². The third-order valence-electron chi connectivity index (χ3n) is 5.24. The highest BCUT2D eigenvalue weighted by Gasteiger charge is 2.12. The van der Waals surface area contributed by atoms with E-state index in [-0.39, 0.29) is 17.4 Å². The van der Waals surface area contributed by atoms with E-state index >= 15 is 0 Å². The highest BCUT2D eigenvalue weighted by Crippen LogP contribution is 2.26. The number of carbonyl (C=O) groups excluding carboxylic acids is 1. The van der Waals surface area contributed by atoms with Crippen LogP contribution in [0, 0.1) is 0 Å². The van der Waals surface area contributed by atoms with E-state index in [0.717, 1.165) is 11.1 Å². The number of alkyl halides is 1. The zero-order chi connectivity index (χ0) is 26.4. The summed E-state index contributed by atoms with van der Waals surface area (Å²) in [6, 6.07) is 16.7. The fraction of sp³-hybridized carbons (Fsp3) is 0.167. The van der Waals surface area contributed by atoms with Gasteiger partial charge in [-0.15, -0.1) is 0 Å². The molecule has 0 bridgehead atoms. The molecule has 0 unspecified atom stereocenters. The van der Waals surface area contributed by atoms with Gasteiger partial charge in [-0.1, -0.05) is 24.3 Å². The number of carbonyl (C=O) groups is 1. The number of hydrogen-bond donors (Lipinski definition) is 4. The Bertz CT molecular complexity index is 1520. The Balaban J connectivity index is 1.58. The average molecular weight is 526 g/mol. The maximum Gasteiger partial charge on any atom is 0.411 e. The van der Waals surface area contributed by atoms with Crippen molar-refractivity contribution in [3.63, 3.8) is 0 Å². The summed E-state index contributed by atoms with van der Waals surface area (Å²) in [6.45, 7) is -0.240. The highest BCUT2D eigenvalue weighted by molar-refractivity contribution is 7.89. The molecule has 0 saturated carbocycles. The fourth-order valence-electron chi connectivity index (χ4n) is 3.41. The van der Waals surface area contributed by atoms with E-state index in [1.54, 1.807) is 48.5 Å². The molecule has 13 heteroatoms. The lowest BCUT2D eigenvalue weighted by Gasteiger charge is -2.12. The van der Waals surface area contributed by atoms with Gasteiger partial charge in [0.15, 0.2) is 5.82 Å². The molecular formula is C24H24FN7O4S. The number of hydrogen-bond acceptors (Lipinski definition) is 9. The van der Waals surface area contributed by atoms with E-state index in [1.165, 1.54) is 19.2 Å². The van der Waals surface area contributed by atoms with E-state index < -0.39 is 22.8 Å². The van der Waals surface area contributed by atoms with Crippen LogP contribution in [0.5, 0.6) is 0 Å². The zero-order valence-corrected chi connectivity index (χ0v) is 20.5. The Morgan fingerprint density at radius 2 is 1.70 bits per heavy atom. The third kappa shape index (κ3) is 6.45. The highest BCUT2D eigenvalue weighted by atomic mass is 32.2. The van der Waals surface area contributed by atoms with Gasteiger partial charge in [0.05, 0.1) is 23.2 Å². The molecule has 0 aliphatic rings. The number of ether oxygens (including phenoxy) is 1. The maximum atomic E-state index is 12.9. The van der Waals surface area contributed by atoms with Gasteiger partial charge in [0.25, 0.3) is 0 Å². The van der Waals surface area contributed by atoms with Gasteiger partial charge in [0, 0.05) is 24.3 Å².